The van der Waals surface area contributed by atoms with E-state index in [1.807, 2.05) is 20.8 Å². The van der Waals surface area contributed by atoms with Crippen LogP contribution in [0.5, 0.6) is 0 Å². The van der Waals surface area contributed by atoms with Gasteiger partial charge in [-0.3, -0.25) is 9.59 Å². The van der Waals surface area contributed by atoms with E-state index >= 15 is 0 Å². The molecular weight excluding hydrogens is 328 g/mol. The predicted octanol–water partition coefficient (Wildman–Crippen LogP) is 2.85. The molecule has 1 aromatic rings. The average molecular weight is 360 g/mol. The second-order valence-electron chi connectivity index (χ2n) is 7.58. The van der Waals surface area contributed by atoms with E-state index in [-0.39, 0.29) is 17.9 Å². The number of nitrogens with zero attached hydrogens (tertiary/aromatic N) is 1. The number of benzene rings is 1. The molecule has 5 nitrogen and oxygen atoms in total. The van der Waals surface area contributed by atoms with Gasteiger partial charge in [0.2, 0.25) is 11.8 Å². The van der Waals surface area contributed by atoms with Crippen molar-refractivity contribution in [1.82, 2.24) is 10.2 Å². The van der Waals surface area contributed by atoms with Crippen LogP contribution in [0.4, 0.5) is 0 Å². The Balaban J connectivity index is 1.88. The number of hydrogen-bond acceptors (Lipinski definition) is 3. The smallest absolute Gasteiger partial charge is 0.245 e. The molecule has 2 rings (SSSR count). The number of rotatable bonds is 9. The van der Waals surface area contributed by atoms with Crippen molar-refractivity contribution in [3.05, 3.63) is 35.4 Å². The van der Waals surface area contributed by atoms with Crippen LogP contribution in [-0.2, 0) is 20.7 Å². The standard InChI is InChI=1S/C21H32N2O3/c1-16(2)26-15-5-13-22-20(25)21(4)12-10-19(24)23(21)14-11-18-8-6-17(3)7-9-18/h6-9,16H,5,10-15H2,1-4H3,(H,22,25)/t21-/m0/s1. The Morgan fingerprint density at radius 1 is 1.31 bits per heavy atom. The SMILES string of the molecule is Cc1ccc(CCN2C(=O)CC[C@@]2(C)C(=O)NCCCOC(C)C)cc1. The van der Waals surface area contributed by atoms with Crippen LogP contribution in [0.2, 0.25) is 0 Å². The molecule has 0 radical (unpaired) electrons. The summed E-state index contributed by atoms with van der Waals surface area (Å²) in [5, 5.41) is 2.98. The highest BCUT2D eigenvalue weighted by Gasteiger charge is 2.46. The number of likely N-dealkylation sites (tertiary alicyclic amines) is 1. The maximum atomic E-state index is 12.7. The minimum Gasteiger partial charge on any atom is -0.379 e. The Labute approximate surface area is 157 Å². The molecule has 5 heteroatoms. The molecule has 1 saturated heterocycles. The molecule has 26 heavy (non-hydrogen) atoms. The fourth-order valence-electron chi connectivity index (χ4n) is 3.28. The molecule has 1 atom stereocenters. The minimum atomic E-state index is -0.749. The van der Waals surface area contributed by atoms with Crippen LogP contribution in [0.15, 0.2) is 24.3 Å². The Bertz CT molecular complexity index is 612. The summed E-state index contributed by atoms with van der Waals surface area (Å²) in [5.74, 6) is 0.00899. The summed E-state index contributed by atoms with van der Waals surface area (Å²) in [6, 6.07) is 8.32. The Morgan fingerprint density at radius 3 is 2.65 bits per heavy atom. The minimum absolute atomic E-state index is 0.0585. The van der Waals surface area contributed by atoms with Crippen molar-refractivity contribution in [1.29, 1.82) is 0 Å². The number of carbonyl (C=O) groups is 2. The van der Waals surface area contributed by atoms with E-state index in [1.54, 1.807) is 4.90 Å². The number of carbonyl (C=O) groups excluding carboxylic acids is 2. The Kier molecular flexibility index (Phi) is 7.21. The second-order valence-corrected chi connectivity index (χ2v) is 7.58. The summed E-state index contributed by atoms with van der Waals surface area (Å²) in [6.07, 6.45) is 2.75. The topological polar surface area (TPSA) is 58.6 Å². The number of aryl methyl sites for hydroxylation is 1. The molecule has 1 aliphatic heterocycles. The molecular formula is C21H32N2O3. The van der Waals surface area contributed by atoms with E-state index in [1.165, 1.54) is 11.1 Å². The summed E-state index contributed by atoms with van der Waals surface area (Å²) in [6.45, 7) is 9.70. The van der Waals surface area contributed by atoms with Crippen molar-refractivity contribution < 1.29 is 14.3 Å². The molecule has 144 valence electrons. The number of hydrogen-bond donors (Lipinski definition) is 1. The molecule has 1 fully saturated rings. The van der Waals surface area contributed by atoms with Gasteiger partial charge in [-0.2, -0.15) is 0 Å². The van der Waals surface area contributed by atoms with Crippen LogP contribution in [0.25, 0.3) is 0 Å². The monoisotopic (exact) mass is 360 g/mol. The first-order valence-electron chi connectivity index (χ1n) is 9.59. The van der Waals surface area contributed by atoms with Gasteiger partial charge in [0.1, 0.15) is 5.54 Å². The van der Waals surface area contributed by atoms with Crippen molar-refractivity contribution in [2.75, 3.05) is 19.7 Å². The summed E-state index contributed by atoms with van der Waals surface area (Å²) in [4.78, 5) is 26.8. The number of ether oxygens (including phenoxy) is 1. The third-order valence-electron chi connectivity index (χ3n) is 5.01. The second kappa shape index (κ2) is 9.17. The zero-order chi connectivity index (χ0) is 19.2. The maximum absolute atomic E-state index is 12.7. The summed E-state index contributed by atoms with van der Waals surface area (Å²) in [5.41, 5.74) is 1.65. The highest BCUT2D eigenvalue weighted by atomic mass is 16.5. The molecule has 0 unspecified atom stereocenters. The van der Waals surface area contributed by atoms with Crippen molar-refractivity contribution in [3.63, 3.8) is 0 Å². The van der Waals surface area contributed by atoms with Gasteiger partial charge in [-0.15, -0.1) is 0 Å². The van der Waals surface area contributed by atoms with Crippen molar-refractivity contribution in [3.8, 4) is 0 Å². The third-order valence-corrected chi connectivity index (χ3v) is 5.01. The lowest BCUT2D eigenvalue weighted by molar-refractivity contribution is -0.140. The number of amides is 2. The van der Waals surface area contributed by atoms with E-state index in [0.717, 1.165) is 12.8 Å². The fraction of sp³-hybridized carbons (Fsp3) is 0.619. The lowest BCUT2D eigenvalue weighted by atomic mass is 9.97. The highest BCUT2D eigenvalue weighted by Crippen LogP contribution is 2.30. The van der Waals surface area contributed by atoms with Gasteiger partial charge < -0.3 is 15.0 Å². The van der Waals surface area contributed by atoms with Crippen molar-refractivity contribution >= 4 is 11.8 Å². The van der Waals surface area contributed by atoms with E-state index in [2.05, 4.69) is 36.5 Å². The first kappa shape index (κ1) is 20.4. The molecule has 0 saturated carbocycles. The van der Waals surface area contributed by atoms with Gasteiger partial charge in [0.15, 0.2) is 0 Å². The highest BCUT2D eigenvalue weighted by molar-refractivity contribution is 5.94. The Hall–Kier alpha value is -1.88. The first-order valence-corrected chi connectivity index (χ1v) is 9.59. The van der Waals surface area contributed by atoms with E-state index in [9.17, 15) is 9.59 Å². The molecule has 1 heterocycles. The maximum Gasteiger partial charge on any atom is 0.245 e. The van der Waals surface area contributed by atoms with Crippen molar-refractivity contribution in [2.24, 2.45) is 0 Å². The van der Waals surface area contributed by atoms with E-state index < -0.39 is 5.54 Å². The molecule has 0 aromatic heterocycles. The van der Waals surface area contributed by atoms with Gasteiger partial charge >= 0.3 is 0 Å². The predicted molar refractivity (Wildman–Crippen MR) is 103 cm³/mol. The van der Waals surface area contributed by atoms with Gasteiger partial charge in [0, 0.05) is 26.1 Å². The summed E-state index contributed by atoms with van der Waals surface area (Å²) < 4.78 is 5.49. The van der Waals surface area contributed by atoms with Crippen LogP contribution < -0.4 is 5.32 Å². The molecule has 1 aliphatic rings. The average Bonchev–Trinajstić information content (AvgIpc) is 2.89. The first-order chi connectivity index (χ1) is 12.3. The van der Waals surface area contributed by atoms with Gasteiger partial charge in [-0.05, 0) is 52.5 Å². The van der Waals surface area contributed by atoms with Gasteiger partial charge in [0.05, 0.1) is 6.10 Å². The van der Waals surface area contributed by atoms with Gasteiger partial charge in [0.25, 0.3) is 0 Å². The van der Waals surface area contributed by atoms with E-state index in [0.29, 0.717) is 32.5 Å². The zero-order valence-electron chi connectivity index (χ0n) is 16.5. The zero-order valence-corrected chi connectivity index (χ0v) is 16.5. The van der Waals surface area contributed by atoms with Crippen LogP contribution in [0, 0.1) is 6.92 Å². The lowest BCUT2D eigenvalue weighted by Crippen LogP contribution is -2.55. The molecule has 2 amide bonds. The largest absolute Gasteiger partial charge is 0.379 e. The van der Waals surface area contributed by atoms with Crippen LogP contribution >= 0.6 is 0 Å². The van der Waals surface area contributed by atoms with Gasteiger partial charge in [-0.25, -0.2) is 0 Å². The molecule has 0 aliphatic carbocycles. The molecule has 1 N–H and O–H groups in total. The fourth-order valence-corrected chi connectivity index (χ4v) is 3.28. The lowest BCUT2D eigenvalue weighted by Gasteiger charge is -2.34. The Morgan fingerprint density at radius 2 is 2.00 bits per heavy atom. The molecule has 0 spiro atoms. The van der Waals surface area contributed by atoms with Crippen LogP contribution in [0.1, 0.15) is 51.2 Å². The van der Waals surface area contributed by atoms with Crippen LogP contribution in [-0.4, -0.2) is 48.1 Å². The quantitative estimate of drug-likeness (QED) is 0.689. The normalized spacial score (nSPS) is 20.0. The summed E-state index contributed by atoms with van der Waals surface area (Å²) >= 11 is 0. The van der Waals surface area contributed by atoms with Crippen LogP contribution in [0.3, 0.4) is 0 Å². The molecule has 1 aromatic carbocycles. The summed E-state index contributed by atoms with van der Waals surface area (Å²) in [7, 11) is 0. The van der Waals surface area contributed by atoms with E-state index in [4.69, 9.17) is 4.74 Å². The molecule has 0 bridgehead atoms. The number of nitrogens with one attached hydrogen (secondary N) is 1. The van der Waals surface area contributed by atoms with Gasteiger partial charge in [-0.1, -0.05) is 29.8 Å². The van der Waals surface area contributed by atoms with Crippen molar-refractivity contribution in [2.45, 2.75) is 65.0 Å². The third kappa shape index (κ3) is 5.31.